The van der Waals surface area contributed by atoms with Gasteiger partial charge in [-0.2, -0.15) is 5.10 Å². The Balaban J connectivity index is 1.81. The molecule has 1 N–H and O–H groups in total. The molecule has 0 spiro atoms. The molecule has 0 fully saturated rings. The van der Waals surface area contributed by atoms with E-state index in [1.54, 1.807) is 11.3 Å². The van der Waals surface area contributed by atoms with Crippen molar-refractivity contribution in [2.45, 2.75) is 39.9 Å². The summed E-state index contributed by atoms with van der Waals surface area (Å²) in [5, 5.41) is 8.85. The lowest BCUT2D eigenvalue weighted by atomic mass is 10.3. The molecule has 1 atom stereocenters. The molecule has 2 aromatic rings. The quantitative estimate of drug-likeness (QED) is 0.811. The number of thiazole rings is 1. The smallest absolute Gasteiger partial charge is 0.185 e. The summed E-state index contributed by atoms with van der Waals surface area (Å²) < 4.78 is 1.95. The summed E-state index contributed by atoms with van der Waals surface area (Å²) in [5.41, 5.74) is 0. The van der Waals surface area contributed by atoms with E-state index in [4.69, 9.17) is 0 Å². The van der Waals surface area contributed by atoms with Crippen LogP contribution >= 0.6 is 11.3 Å². The molecule has 0 aliphatic rings. The maximum absolute atomic E-state index is 4.50. The summed E-state index contributed by atoms with van der Waals surface area (Å²) >= 11 is 1.77. The van der Waals surface area contributed by atoms with E-state index in [9.17, 15) is 0 Å². The van der Waals surface area contributed by atoms with Crippen molar-refractivity contribution >= 4 is 16.5 Å². The van der Waals surface area contributed by atoms with Crippen molar-refractivity contribution in [1.29, 1.82) is 0 Å². The molecule has 5 nitrogen and oxygen atoms in total. The molecule has 0 aromatic carbocycles. The Hall–Kier alpha value is -1.40. The van der Waals surface area contributed by atoms with Crippen LogP contribution in [-0.4, -0.2) is 33.9 Å². The van der Waals surface area contributed by atoms with Gasteiger partial charge < -0.3 is 10.2 Å². The lowest BCUT2D eigenvalue weighted by Gasteiger charge is -2.16. The SMILES string of the molecule is CCN(CC)c1ncc(CN[C@@H](C)Cn2cccn2)s1. The highest BCUT2D eigenvalue weighted by Crippen LogP contribution is 2.22. The van der Waals surface area contributed by atoms with Gasteiger partial charge in [0.1, 0.15) is 0 Å². The molecule has 0 bridgehead atoms. The first kappa shape index (κ1) is 15.0. The fourth-order valence-corrected chi connectivity index (χ4v) is 3.04. The van der Waals surface area contributed by atoms with E-state index in [2.05, 4.69) is 41.1 Å². The Morgan fingerprint density at radius 1 is 1.40 bits per heavy atom. The van der Waals surface area contributed by atoms with E-state index in [0.717, 1.165) is 31.3 Å². The van der Waals surface area contributed by atoms with Crippen molar-refractivity contribution in [3.05, 3.63) is 29.5 Å². The zero-order valence-corrected chi connectivity index (χ0v) is 13.2. The fraction of sp³-hybridized carbons (Fsp3) is 0.571. The maximum atomic E-state index is 4.50. The molecule has 0 unspecified atom stereocenters. The zero-order chi connectivity index (χ0) is 14.4. The van der Waals surface area contributed by atoms with Gasteiger partial charge >= 0.3 is 0 Å². The summed E-state index contributed by atoms with van der Waals surface area (Å²) in [7, 11) is 0. The average molecular weight is 293 g/mol. The Bertz CT molecular complexity index is 489. The van der Waals surface area contributed by atoms with Crippen LogP contribution in [0.1, 0.15) is 25.6 Å². The normalized spacial score (nSPS) is 12.6. The van der Waals surface area contributed by atoms with Crippen molar-refractivity contribution in [2.24, 2.45) is 0 Å². The first-order valence-electron chi connectivity index (χ1n) is 7.13. The second-order valence-electron chi connectivity index (χ2n) is 4.79. The molecule has 0 aliphatic carbocycles. The van der Waals surface area contributed by atoms with E-state index in [1.807, 2.05) is 29.3 Å². The zero-order valence-electron chi connectivity index (χ0n) is 12.4. The van der Waals surface area contributed by atoms with Gasteiger partial charge in [0.2, 0.25) is 0 Å². The van der Waals surface area contributed by atoms with Gasteiger partial charge in [0.15, 0.2) is 5.13 Å². The molecule has 6 heteroatoms. The van der Waals surface area contributed by atoms with E-state index < -0.39 is 0 Å². The third-order valence-electron chi connectivity index (χ3n) is 3.22. The minimum atomic E-state index is 0.383. The van der Waals surface area contributed by atoms with E-state index in [1.165, 1.54) is 4.88 Å². The lowest BCUT2D eigenvalue weighted by molar-refractivity contribution is 0.452. The van der Waals surface area contributed by atoms with Crippen molar-refractivity contribution in [1.82, 2.24) is 20.1 Å². The van der Waals surface area contributed by atoms with Gasteiger partial charge in [-0.05, 0) is 26.8 Å². The van der Waals surface area contributed by atoms with Crippen LogP contribution < -0.4 is 10.2 Å². The molecule has 110 valence electrons. The number of anilines is 1. The van der Waals surface area contributed by atoms with Crippen LogP contribution in [-0.2, 0) is 13.1 Å². The summed E-state index contributed by atoms with van der Waals surface area (Å²) in [4.78, 5) is 8.05. The van der Waals surface area contributed by atoms with Crippen molar-refractivity contribution in [2.75, 3.05) is 18.0 Å². The minimum absolute atomic E-state index is 0.383. The average Bonchev–Trinajstić information content (AvgIpc) is 3.10. The molecular formula is C14H23N5S. The standard InChI is InChI=1S/C14H23N5S/c1-4-18(5-2)14-16-10-13(20-14)9-15-12(3)11-19-8-6-7-17-19/h6-8,10,12,15H,4-5,9,11H2,1-3H3/t12-/m0/s1. The predicted molar refractivity (Wildman–Crippen MR) is 84.2 cm³/mol. The Labute approximate surface area is 124 Å². The molecule has 0 amide bonds. The summed E-state index contributed by atoms with van der Waals surface area (Å²) in [5.74, 6) is 0. The third kappa shape index (κ3) is 4.05. The van der Waals surface area contributed by atoms with E-state index >= 15 is 0 Å². The number of hydrogen-bond acceptors (Lipinski definition) is 5. The van der Waals surface area contributed by atoms with Crippen molar-refractivity contribution in [3.8, 4) is 0 Å². The molecular weight excluding hydrogens is 270 g/mol. The van der Waals surface area contributed by atoms with Gasteiger partial charge in [-0.1, -0.05) is 0 Å². The third-order valence-corrected chi connectivity index (χ3v) is 4.28. The molecule has 0 saturated carbocycles. The van der Waals surface area contributed by atoms with Gasteiger partial charge in [0, 0.05) is 49.1 Å². The Kier molecular flexibility index (Phi) is 5.55. The Morgan fingerprint density at radius 3 is 2.85 bits per heavy atom. The fourth-order valence-electron chi connectivity index (χ4n) is 2.05. The second-order valence-corrected chi connectivity index (χ2v) is 5.89. The van der Waals surface area contributed by atoms with Crippen LogP contribution in [0.25, 0.3) is 0 Å². The van der Waals surface area contributed by atoms with Crippen molar-refractivity contribution in [3.63, 3.8) is 0 Å². The summed E-state index contributed by atoms with van der Waals surface area (Å²) in [6.45, 7) is 10.3. The number of hydrogen-bond donors (Lipinski definition) is 1. The first-order valence-corrected chi connectivity index (χ1v) is 7.95. The number of aromatic nitrogens is 3. The monoisotopic (exact) mass is 293 g/mol. The van der Waals surface area contributed by atoms with Crippen LogP contribution in [0.4, 0.5) is 5.13 Å². The van der Waals surface area contributed by atoms with Crippen LogP contribution in [0.3, 0.4) is 0 Å². The second kappa shape index (κ2) is 7.40. The summed E-state index contributed by atoms with van der Waals surface area (Å²) in [6, 6.07) is 2.33. The summed E-state index contributed by atoms with van der Waals surface area (Å²) in [6.07, 6.45) is 5.78. The topological polar surface area (TPSA) is 46.0 Å². The molecule has 0 saturated heterocycles. The van der Waals surface area contributed by atoms with Gasteiger partial charge in [-0.3, -0.25) is 4.68 Å². The van der Waals surface area contributed by atoms with Crippen LogP contribution in [0.2, 0.25) is 0 Å². The van der Waals surface area contributed by atoms with Crippen LogP contribution in [0, 0.1) is 0 Å². The van der Waals surface area contributed by atoms with Crippen LogP contribution in [0.5, 0.6) is 0 Å². The Morgan fingerprint density at radius 2 is 2.20 bits per heavy atom. The molecule has 0 radical (unpaired) electrons. The molecule has 2 heterocycles. The van der Waals surface area contributed by atoms with Crippen LogP contribution in [0.15, 0.2) is 24.7 Å². The minimum Gasteiger partial charge on any atom is -0.349 e. The highest BCUT2D eigenvalue weighted by Gasteiger charge is 2.09. The molecule has 20 heavy (non-hydrogen) atoms. The first-order chi connectivity index (χ1) is 9.72. The molecule has 2 aromatic heterocycles. The van der Waals surface area contributed by atoms with E-state index in [0.29, 0.717) is 6.04 Å². The maximum Gasteiger partial charge on any atom is 0.185 e. The molecule has 2 rings (SSSR count). The largest absolute Gasteiger partial charge is 0.349 e. The predicted octanol–water partition coefficient (Wildman–Crippen LogP) is 2.36. The van der Waals surface area contributed by atoms with Gasteiger partial charge in [-0.25, -0.2) is 4.98 Å². The lowest BCUT2D eigenvalue weighted by Crippen LogP contribution is -2.29. The number of rotatable bonds is 8. The molecule has 0 aliphatic heterocycles. The van der Waals surface area contributed by atoms with Crippen molar-refractivity contribution < 1.29 is 0 Å². The number of nitrogens with one attached hydrogen (secondary N) is 1. The van der Waals surface area contributed by atoms with E-state index in [-0.39, 0.29) is 0 Å². The highest BCUT2D eigenvalue weighted by molar-refractivity contribution is 7.15. The van der Waals surface area contributed by atoms with Gasteiger partial charge in [0.25, 0.3) is 0 Å². The van der Waals surface area contributed by atoms with Gasteiger partial charge in [-0.15, -0.1) is 11.3 Å². The number of nitrogens with zero attached hydrogens (tertiary/aromatic N) is 4. The van der Waals surface area contributed by atoms with Gasteiger partial charge in [0.05, 0.1) is 6.54 Å². The highest BCUT2D eigenvalue weighted by atomic mass is 32.1.